The van der Waals surface area contributed by atoms with Crippen LogP contribution in [-0.2, 0) is 4.74 Å². The second-order valence-electron chi connectivity index (χ2n) is 3.17. The molecular formula is C10H9ClN6O2. The monoisotopic (exact) mass is 280 g/mol. The molecule has 0 aliphatic rings. The van der Waals surface area contributed by atoms with E-state index in [2.05, 4.69) is 20.8 Å². The summed E-state index contributed by atoms with van der Waals surface area (Å²) in [6.07, 6.45) is -0.0359. The standard InChI is InChI=1S/C10H9ClN6O2/c1-2-3-19-10(18)17-16-9-8(11)14-6(4-12)7(5-13)15-9/h2-3H2,1H3,(H,15,16)(H,17,18). The molecule has 98 valence electrons. The first kappa shape index (κ1) is 14.5. The highest BCUT2D eigenvalue weighted by Crippen LogP contribution is 2.17. The first-order chi connectivity index (χ1) is 9.12. The molecule has 0 atom stereocenters. The second kappa shape index (κ2) is 6.99. The molecule has 0 saturated heterocycles. The van der Waals surface area contributed by atoms with E-state index in [1.807, 2.05) is 6.92 Å². The minimum Gasteiger partial charge on any atom is -0.448 e. The van der Waals surface area contributed by atoms with E-state index in [4.69, 9.17) is 26.9 Å². The van der Waals surface area contributed by atoms with Crippen LogP contribution in [0.5, 0.6) is 0 Å². The summed E-state index contributed by atoms with van der Waals surface area (Å²) < 4.78 is 4.73. The number of halogens is 1. The van der Waals surface area contributed by atoms with Crippen molar-refractivity contribution in [2.75, 3.05) is 12.0 Å². The van der Waals surface area contributed by atoms with Gasteiger partial charge in [0.05, 0.1) is 6.61 Å². The molecule has 1 heterocycles. The molecule has 1 aromatic rings. The van der Waals surface area contributed by atoms with Crippen LogP contribution in [0.1, 0.15) is 24.7 Å². The highest BCUT2D eigenvalue weighted by atomic mass is 35.5. The van der Waals surface area contributed by atoms with E-state index < -0.39 is 6.09 Å². The van der Waals surface area contributed by atoms with Gasteiger partial charge in [-0.2, -0.15) is 10.5 Å². The minimum absolute atomic E-state index is 0.0503. The number of nitriles is 2. The number of hydrazine groups is 1. The molecule has 0 aliphatic heterocycles. The van der Waals surface area contributed by atoms with E-state index in [9.17, 15) is 4.79 Å². The number of nitrogens with one attached hydrogen (secondary N) is 2. The van der Waals surface area contributed by atoms with Gasteiger partial charge in [-0.25, -0.2) is 20.2 Å². The van der Waals surface area contributed by atoms with E-state index in [1.54, 1.807) is 12.1 Å². The molecule has 8 nitrogen and oxygen atoms in total. The highest BCUT2D eigenvalue weighted by Gasteiger charge is 2.12. The maximum atomic E-state index is 11.2. The molecule has 0 aliphatic carbocycles. The fourth-order valence-corrected chi connectivity index (χ4v) is 1.17. The molecule has 1 aromatic heterocycles. The van der Waals surface area contributed by atoms with Crippen molar-refractivity contribution in [2.24, 2.45) is 0 Å². The van der Waals surface area contributed by atoms with Crippen LogP contribution in [0, 0.1) is 22.7 Å². The van der Waals surface area contributed by atoms with Crippen molar-refractivity contribution in [3.8, 4) is 12.1 Å². The third-order valence-electron chi connectivity index (χ3n) is 1.79. The first-order valence-electron chi connectivity index (χ1n) is 5.18. The van der Waals surface area contributed by atoms with Gasteiger partial charge in [0.25, 0.3) is 0 Å². The van der Waals surface area contributed by atoms with Crippen LogP contribution in [0.2, 0.25) is 5.15 Å². The van der Waals surface area contributed by atoms with Crippen LogP contribution in [0.4, 0.5) is 10.6 Å². The van der Waals surface area contributed by atoms with Crippen LogP contribution >= 0.6 is 11.6 Å². The zero-order chi connectivity index (χ0) is 14.3. The van der Waals surface area contributed by atoms with Gasteiger partial charge < -0.3 is 4.74 Å². The first-order valence-corrected chi connectivity index (χ1v) is 5.56. The van der Waals surface area contributed by atoms with Crippen LogP contribution in [-0.4, -0.2) is 22.7 Å². The van der Waals surface area contributed by atoms with Gasteiger partial charge in [-0.15, -0.1) is 0 Å². The molecule has 0 saturated carbocycles. The summed E-state index contributed by atoms with van der Waals surface area (Å²) in [4.78, 5) is 18.6. The fraction of sp³-hybridized carbons (Fsp3) is 0.300. The van der Waals surface area contributed by atoms with Crippen molar-refractivity contribution in [3.05, 3.63) is 16.5 Å². The third-order valence-corrected chi connectivity index (χ3v) is 2.05. The Balaban J connectivity index is 2.77. The lowest BCUT2D eigenvalue weighted by molar-refractivity contribution is 0.148. The lowest BCUT2D eigenvalue weighted by atomic mass is 10.3. The lowest BCUT2D eigenvalue weighted by Crippen LogP contribution is -2.31. The highest BCUT2D eigenvalue weighted by molar-refractivity contribution is 6.31. The summed E-state index contributed by atoms with van der Waals surface area (Å²) in [5.41, 5.74) is 4.15. The number of nitrogens with zero attached hydrogens (tertiary/aromatic N) is 4. The smallest absolute Gasteiger partial charge is 0.425 e. The number of rotatable bonds is 4. The zero-order valence-electron chi connectivity index (χ0n) is 9.90. The Morgan fingerprint density at radius 2 is 2.00 bits per heavy atom. The number of anilines is 1. The SMILES string of the molecule is CCCOC(=O)NNc1nc(C#N)c(C#N)nc1Cl. The fourth-order valence-electron chi connectivity index (χ4n) is 0.991. The summed E-state index contributed by atoms with van der Waals surface area (Å²) in [7, 11) is 0. The molecular weight excluding hydrogens is 272 g/mol. The summed E-state index contributed by atoms with van der Waals surface area (Å²) in [6, 6.07) is 3.38. The molecule has 0 aromatic carbocycles. The molecule has 0 radical (unpaired) electrons. The van der Waals surface area contributed by atoms with E-state index in [0.717, 1.165) is 0 Å². The summed E-state index contributed by atoms with van der Waals surface area (Å²) in [6.45, 7) is 2.12. The molecule has 0 bridgehead atoms. The van der Waals surface area contributed by atoms with Crippen LogP contribution in [0.15, 0.2) is 0 Å². The maximum Gasteiger partial charge on any atom is 0.425 e. The van der Waals surface area contributed by atoms with Crippen molar-refractivity contribution in [3.63, 3.8) is 0 Å². The number of hydrogen-bond acceptors (Lipinski definition) is 7. The number of carbonyl (C=O) groups is 1. The third kappa shape index (κ3) is 3.98. The van der Waals surface area contributed by atoms with E-state index >= 15 is 0 Å². The van der Waals surface area contributed by atoms with Crippen molar-refractivity contribution < 1.29 is 9.53 Å². The number of carbonyl (C=O) groups excluding carboxylic acids is 1. The normalized spacial score (nSPS) is 9.05. The van der Waals surface area contributed by atoms with Gasteiger partial charge in [-0.3, -0.25) is 5.43 Å². The average Bonchev–Trinajstić information content (AvgIpc) is 2.43. The molecule has 0 spiro atoms. The summed E-state index contributed by atoms with van der Waals surface area (Å²) in [5.74, 6) is -0.0503. The average molecular weight is 281 g/mol. The topological polar surface area (TPSA) is 124 Å². The van der Waals surface area contributed by atoms with Gasteiger partial charge in [0.15, 0.2) is 22.4 Å². The number of ether oxygens (including phenoxy) is 1. The molecule has 19 heavy (non-hydrogen) atoms. The van der Waals surface area contributed by atoms with Crippen molar-refractivity contribution in [1.82, 2.24) is 15.4 Å². The Bertz CT molecular complexity index is 562. The van der Waals surface area contributed by atoms with Crippen LogP contribution < -0.4 is 10.9 Å². The van der Waals surface area contributed by atoms with Crippen molar-refractivity contribution in [1.29, 1.82) is 10.5 Å². The van der Waals surface area contributed by atoms with Crippen molar-refractivity contribution >= 4 is 23.5 Å². The largest absolute Gasteiger partial charge is 0.448 e. The molecule has 9 heteroatoms. The van der Waals surface area contributed by atoms with Crippen molar-refractivity contribution in [2.45, 2.75) is 13.3 Å². The van der Waals surface area contributed by atoms with Gasteiger partial charge in [0.2, 0.25) is 0 Å². The van der Waals surface area contributed by atoms with Gasteiger partial charge in [0.1, 0.15) is 12.1 Å². The lowest BCUT2D eigenvalue weighted by Gasteiger charge is -2.09. The minimum atomic E-state index is -0.720. The van der Waals surface area contributed by atoms with Crippen LogP contribution in [0.25, 0.3) is 0 Å². The Labute approximate surface area is 113 Å². The Hall–Kier alpha value is -2.58. The number of aromatic nitrogens is 2. The summed E-state index contributed by atoms with van der Waals surface area (Å²) >= 11 is 5.74. The number of hydrogen-bond donors (Lipinski definition) is 2. The molecule has 1 rings (SSSR count). The predicted molar refractivity (Wildman–Crippen MR) is 64.9 cm³/mol. The van der Waals surface area contributed by atoms with Gasteiger partial charge in [0, 0.05) is 0 Å². The Morgan fingerprint density at radius 3 is 2.58 bits per heavy atom. The summed E-state index contributed by atoms with van der Waals surface area (Å²) in [5, 5.41) is 17.3. The van der Waals surface area contributed by atoms with Gasteiger partial charge in [-0.1, -0.05) is 18.5 Å². The maximum absolute atomic E-state index is 11.2. The molecule has 0 unspecified atom stereocenters. The predicted octanol–water partition coefficient (Wildman–Crippen LogP) is 1.34. The quantitative estimate of drug-likeness (QED) is 0.797. The second-order valence-corrected chi connectivity index (χ2v) is 3.53. The molecule has 0 fully saturated rings. The Kier molecular flexibility index (Phi) is 5.33. The molecule has 1 amide bonds. The van der Waals surface area contributed by atoms with Gasteiger partial charge in [-0.05, 0) is 6.42 Å². The van der Waals surface area contributed by atoms with Crippen LogP contribution in [0.3, 0.4) is 0 Å². The van der Waals surface area contributed by atoms with E-state index in [-0.39, 0.29) is 29.0 Å². The van der Waals surface area contributed by atoms with E-state index in [0.29, 0.717) is 6.42 Å². The van der Waals surface area contributed by atoms with Gasteiger partial charge >= 0.3 is 6.09 Å². The Morgan fingerprint density at radius 1 is 1.37 bits per heavy atom. The zero-order valence-corrected chi connectivity index (χ0v) is 10.7. The molecule has 2 N–H and O–H groups in total. The van der Waals surface area contributed by atoms with E-state index in [1.165, 1.54) is 0 Å². The number of amides is 1.